The van der Waals surface area contributed by atoms with Crippen LogP contribution in [-0.4, -0.2) is 16.7 Å². The highest BCUT2D eigenvalue weighted by molar-refractivity contribution is 9.10. The van der Waals surface area contributed by atoms with Crippen molar-refractivity contribution in [3.8, 4) is 17.0 Å². The van der Waals surface area contributed by atoms with Crippen molar-refractivity contribution >= 4 is 15.9 Å². The highest BCUT2D eigenvalue weighted by Crippen LogP contribution is 2.31. The molecule has 0 atom stereocenters. The molecule has 0 aliphatic rings. The van der Waals surface area contributed by atoms with Crippen LogP contribution >= 0.6 is 15.9 Å². The average molecular weight is 281 g/mol. The van der Waals surface area contributed by atoms with E-state index in [4.69, 9.17) is 4.74 Å². The van der Waals surface area contributed by atoms with Crippen LogP contribution in [0.3, 0.4) is 0 Å². The van der Waals surface area contributed by atoms with Gasteiger partial charge < -0.3 is 9.30 Å². The van der Waals surface area contributed by atoms with Gasteiger partial charge in [-0.2, -0.15) is 0 Å². The smallest absolute Gasteiger partial charge is 0.177 e. The second-order valence-corrected chi connectivity index (χ2v) is 4.07. The Morgan fingerprint density at radius 3 is 2.81 bits per heavy atom. The monoisotopic (exact) mass is 280 g/mol. The predicted molar refractivity (Wildman–Crippen MR) is 67.6 cm³/mol. The standard InChI is InChI=1S/C12H13BrN2O/c1-3-15-10(8-14-12(15)13)9-6-4-5-7-11(9)16-2/h4-8H,3H2,1-2H3. The molecule has 0 bridgehead atoms. The fourth-order valence-corrected chi connectivity index (χ4v) is 2.27. The number of methoxy groups -OCH3 is 1. The van der Waals surface area contributed by atoms with E-state index in [1.165, 1.54) is 0 Å². The quantitative estimate of drug-likeness (QED) is 0.862. The maximum absolute atomic E-state index is 5.35. The molecule has 0 fully saturated rings. The summed E-state index contributed by atoms with van der Waals surface area (Å²) in [5.41, 5.74) is 2.12. The van der Waals surface area contributed by atoms with Crippen LogP contribution in [0.4, 0.5) is 0 Å². The summed E-state index contributed by atoms with van der Waals surface area (Å²) in [6.07, 6.45) is 1.85. The SMILES string of the molecule is CCn1c(-c2ccccc2OC)cnc1Br. The van der Waals surface area contributed by atoms with Gasteiger partial charge in [-0.1, -0.05) is 12.1 Å². The van der Waals surface area contributed by atoms with Gasteiger partial charge in [-0.05, 0) is 35.0 Å². The lowest BCUT2D eigenvalue weighted by Gasteiger charge is -2.10. The summed E-state index contributed by atoms with van der Waals surface area (Å²) in [5.74, 6) is 0.865. The largest absolute Gasteiger partial charge is 0.496 e. The molecule has 0 amide bonds. The van der Waals surface area contributed by atoms with Crippen molar-refractivity contribution < 1.29 is 4.74 Å². The molecule has 0 saturated carbocycles. The molecular formula is C12H13BrN2O. The molecule has 16 heavy (non-hydrogen) atoms. The van der Waals surface area contributed by atoms with Crippen LogP contribution in [0.5, 0.6) is 5.75 Å². The molecule has 1 aromatic carbocycles. The second-order valence-electron chi connectivity index (χ2n) is 3.36. The number of ether oxygens (including phenoxy) is 1. The maximum atomic E-state index is 5.35. The van der Waals surface area contributed by atoms with Gasteiger partial charge >= 0.3 is 0 Å². The van der Waals surface area contributed by atoms with E-state index in [1.54, 1.807) is 7.11 Å². The van der Waals surface area contributed by atoms with Crippen molar-refractivity contribution in [2.45, 2.75) is 13.5 Å². The van der Waals surface area contributed by atoms with E-state index in [-0.39, 0.29) is 0 Å². The van der Waals surface area contributed by atoms with Crippen molar-refractivity contribution in [3.63, 3.8) is 0 Å². The summed E-state index contributed by atoms with van der Waals surface area (Å²) in [6.45, 7) is 2.96. The third kappa shape index (κ3) is 1.85. The van der Waals surface area contributed by atoms with E-state index < -0.39 is 0 Å². The number of aromatic nitrogens is 2. The summed E-state index contributed by atoms with van der Waals surface area (Å²) in [5, 5.41) is 0. The first kappa shape index (κ1) is 11.2. The lowest BCUT2D eigenvalue weighted by Crippen LogP contribution is -1.98. The van der Waals surface area contributed by atoms with Crippen LogP contribution in [0, 0.1) is 0 Å². The van der Waals surface area contributed by atoms with Crippen LogP contribution in [-0.2, 0) is 6.54 Å². The van der Waals surface area contributed by atoms with Gasteiger partial charge in [-0.25, -0.2) is 4.98 Å². The average Bonchev–Trinajstić information content (AvgIpc) is 2.70. The van der Waals surface area contributed by atoms with Crippen LogP contribution in [0.2, 0.25) is 0 Å². The van der Waals surface area contributed by atoms with E-state index in [0.29, 0.717) is 0 Å². The van der Waals surface area contributed by atoms with Gasteiger partial charge in [0.1, 0.15) is 5.75 Å². The van der Waals surface area contributed by atoms with Crippen molar-refractivity contribution in [1.82, 2.24) is 9.55 Å². The third-order valence-corrected chi connectivity index (χ3v) is 3.14. The van der Waals surface area contributed by atoms with Crippen LogP contribution in [0.25, 0.3) is 11.3 Å². The van der Waals surface area contributed by atoms with Crippen LogP contribution in [0.1, 0.15) is 6.92 Å². The second kappa shape index (κ2) is 4.70. The highest BCUT2D eigenvalue weighted by Gasteiger charge is 2.11. The summed E-state index contributed by atoms with van der Waals surface area (Å²) >= 11 is 3.43. The van der Waals surface area contributed by atoms with Gasteiger partial charge in [-0.3, -0.25) is 0 Å². The van der Waals surface area contributed by atoms with Gasteiger partial charge in [0.05, 0.1) is 19.0 Å². The summed E-state index contributed by atoms with van der Waals surface area (Å²) in [6, 6.07) is 7.95. The molecule has 1 heterocycles. The minimum absolute atomic E-state index is 0.843. The predicted octanol–water partition coefficient (Wildman–Crippen LogP) is 3.34. The Morgan fingerprint density at radius 1 is 1.38 bits per heavy atom. The molecule has 1 aromatic heterocycles. The molecule has 84 valence electrons. The molecular weight excluding hydrogens is 268 g/mol. The van der Waals surface area contributed by atoms with E-state index in [2.05, 4.69) is 32.4 Å². The Hall–Kier alpha value is -1.29. The van der Waals surface area contributed by atoms with E-state index in [0.717, 1.165) is 28.3 Å². The molecule has 0 unspecified atom stereocenters. The Labute approximate surface area is 103 Å². The summed E-state index contributed by atoms with van der Waals surface area (Å²) in [7, 11) is 1.68. The normalized spacial score (nSPS) is 10.4. The number of para-hydroxylation sites is 1. The number of benzene rings is 1. The first-order chi connectivity index (χ1) is 7.77. The van der Waals surface area contributed by atoms with Gasteiger partial charge in [0.15, 0.2) is 4.73 Å². The minimum atomic E-state index is 0.843. The molecule has 0 aliphatic heterocycles. The molecule has 2 rings (SSSR count). The number of halogens is 1. The fraction of sp³-hybridized carbons (Fsp3) is 0.250. The van der Waals surface area contributed by atoms with Crippen molar-refractivity contribution in [1.29, 1.82) is 0 Å². The Kier molecular flexibility index (Phi) is 3.29. The van der Waals surface area contributed by atoms with Crippen LogP contribution in [0.15, 0.2) is 35.2 Å². The highest BCUT2D eigenvalue weighted by atomic mass is 79.9. The first-order valence-electron chi connectivity index (χ1n) is 5.12. The summed E-state index contributed by atoms with van der Waals surface area (Å²) < 4.78 is 8.29. The van der Waals surface area contributed by atoms with Crippen LogP contribution < -0.4 is 4.74 Å². The van der Waals surface area contributed by atoms with Gasteiger partial charge in [0.25, 0.3) is 0 Å². The molecule has 0 aliphatic carbocycles. The minimum Gasteiger partial charge on any atom is -0.496 e. The van der Waals surface area contributed by atoms with Crippen molar-refractivity contribution in [2.75, 3.05) is 7.11 Å². The van der Waals surface area contributed by atoms with Gasteiger partial charge in [-0.15, -0.1) is 0 Å². The van der Waals surface area contributed by atoms with E-state index in [9.17, 15) is 0 Å². The first-order valence-corrected chi connectivity index (χ1v) is 5.91. The fourth-order valence-electron chi connectivity index (χ4n) is 1.73. The number of hydrogen-bond donors (Lipinski definition) is 0. The third-order valence-electron chi connectivity index (χ3n) is 2.51. The molecule has 0 spiro atoms. The molecule has 2 aromatic rings. The zero-order chi connectivity index (χ0) is 11.5. The topological polar surface area (TPSA) is 27.1 Å². The van der Waals surface area contributed by atoms with Gasteiger partial charge in [0.2, 0.25) is 0 Å². The van der Waals surface area contributed by atoms with Gasteiger partial charge in [0, 0.05) is 12.1 Å². The molecule has 0 N–H and O–H groups in total. The number of hydrogen-bond acceptors (Lipinski definition) is 2. The Balaban J connectivity index is 2.58. The number of rotatable bonds is 3. The van der Waals surface area contributed by atoms with Crippen molar-refractivity contribution in [3.05, 3.63) is 35.2 Å². The zero-order valence-electron chi connectivity index (χ0n) is 9.27. The number of imidazole rings is 1. The van der Waals surface area contributed by atoms with E-state index >= 15 is 0 Å². The molecule has 0 radical (unpaired) electrons. The Morgan fingerprint density at radius 2 is 2.12 bits per heavy atom. The zero-order valence-corrected chi connectivity index (χ0v) is 10.9. The maximum Gasteiger partial charge on any atom is 0.177 e. The number of nitrogens with zero attached hydrogens (tertiary/aromatic N) is 2. The summed E-state index contributed by atoms with van der Waals surface area (Å²) in [4.78, 5) is 4.26. The van der Waals surface area contributed by atoms with Crippen molar-refractivity contribution in [2.24, 2.45) is 0 Å². The lowest BCUT2D eigenvalue weighted by molar-refractivity contribution is 0.416. The lowest BCUT2D eigenvalue weighted by atomic mass is 10.1. The molecule has 0 saturated heterocycles. The van der Waals surface area contributed by atoms with E-state index in [1.807, 2.05) is 30.5 Å². The molecule has 3 nitrogen and oxygen atoms in total. The molecule has 4 heteroatoms. The Bertz CT molecular complexity index is 494.